The molecule has 1 unspecified atom stereocenters. The first-order chi connectivity index (χ1) is 10.6. The Morgan fingerprint density at radius 1 is 1.18 bits per heavy atom. The molecule has 1 atom stereocenters. The van der Waals surface area contributed by atoms with E-state index in [2.05, 4.69) is 22.6 Å². The van der Waals surface area contributed by atoms with Gasteiger partial charge in [-0.25, -0.2) is 0 Å². The molecule has 0 radical (unpaired) electrons. The van der Waals surface area contributed by atoms with Crippen molar-refractivity contribution in [1.82, 2.24) is 0 Å². The van der Waals surface area contributed by atoms with Crippen LogP contribution in [0.1, 0.15) is 6.92 Å². The molecule has 112 valence electrons. The summed E-state index contributed by atoms with van der Waals surface area (Å²) in [6.07, 6.45) is 0. The van der Waals surface area contributed by atoms with Gasteiger partial charge in [-0.2, -0.15) is 0 Å². The zero-order valence-corrected chi connectivity index (χ0v) is 13.9. The fourth-order valence-corrected chi connectivity index (χ4v) is 2.46. The molecule has 4 nitrogen and oxygen atoms in total. The molecule has 0 spiro atoms. The number of benzene rings is 2. The minimum atomic E-state index is -0.181. The maximum Gasteiger partial charge on any atom is 0.205 e. The number of aromatic hydroxyl groups is 1. The third-order valence-electron chi connectivity index (χ3n) is 3.17. The van der Waals surface area contributed by atoms with Crippen molar-refractivity contribution in [3.05, 3.63) is 58.8 Å². The summed E-state index contributed by atoms with van der Waals surface area (Å²) in [6, 6.07) is 13.8. The van der Waals surface area contributed by atoms with Crippen molar-refractivity contribution in [2.45, 2.75) is 11.0 Å². The summed E-state index contributed by atoms with van der Waals surface area (Å²) in [5.74, 6) is 0.577. The molecule has 3 rings (SSSR count). The van der Waals surface area contributed by atoms with Gasteiger partial charge in [-0.3, -0.25) is 4.79 Å². The van der Waals surface area contributed by atoms with Crippen LogP contribution in [-0.4, -0.2) is 9.22 Å². The molecule has 0 aliphatic rings. The highest BCUT2D eigenvalue weighted by molar-refractivity contribution is 14.1. The van der Waals surface area contributed by atoms with Gasteiger partial charge in [0.2, 0.25) is 5.75 Å². The zero-order valence-electron chi connectivity index (χ0n) is 11.7. The van der Waals surface area contributed by atoms with E-state index in [-0.39, 0.29) is 26.6 Å². The van der Waals surface area contributed by atoms with E-state index in [0.29, 0.717) is 11.1 Å². The number of phenolic OH excluding ortho intramolecular Hbond substituents is 1. The second-order valence-corrected chi connectivity index (χ2v) is 6.55. The van der Waals surface area contributed by atoms with Crippen LogP contribution in [0, 0.1) is 0 Å². The minimum absolute atomic E-state index is 0.0515. The van der Waals surface area contributed by atoms with E-state index in [4.69, 9.17) is 9.15 Å². The van der Waals surface area contributed by atoms with Gasteiger partial charge in [0.15, 0.2) is 16.8 Å². The van der Waals surface area contributed by atoms with Crippen molar-refractivity contribution in [2.75, 3.05) is 0 Å². The number of ether oxygens (including phenoxy) is 1. The number of halogens is 1. The van der Waals surface area contributed by atoms with E-state index in [1.165, 1.54) is 18.2 Å². The Hall–Kier alpha value is -2.02. The van der Waals surface area contributed by atoms with Gasteiger partial charge < -0.3 is 14.3 Å². The molecule has 1 heterocycles. The molecule has 1 N–H and O–H groups in total. The van der Waals surface area contributed by atoms with E-state index in [1.807, 2.05) is 37.3 Å². The molecule has 2 aromatic carbocycles. The molecule has 5 heteroatoms. The fourth-order valence-electron chi connectivity index (χ4n) is 2.20. The summed E-state index contributed by atoms with van der Waals surface area (Å²) < 4.78 is 11.3. The van der Waals surface area contributed by atoms with Crippen LogP contribution in [0.3, 0.4) is 0 Å². The molecule has 0 aliphatic heterocycles. The third kappa shape index (κ3) is 2.81. The van der Waals surface area contributed by atoms with Crippen LogP contribution in [0.4, 0.5) is 0 Å². The van der Waals surface area contributed by atoms with Crippen LogP contribution in [0.2, 0.25) is 0 Å². The highest BCUT2D eigenvalue weighted by Gasteiger charge is 2.16. The Bertz CT molecular complexity index is 869. The maximum atomic E-state index is 12.3. The lowest BCUT2D eigenvalue weighted by molar-refractivity contribution is 0.302. The van der Waals surface area contributed by atoms with Crippen molar-refractivity contribution in [2.24, 2.45) is 0 Å². The van der Waals surface area contributed by atoms with Gasteiger partial charge >= 0.3 is 0 Å². The SMILES string of the molecule is CC(I)Oc1c(O)ccc2c(=O)cc(-c3ccccc3)oc12. The molecular formula is C17H13IO4. The summed E-state index contributed by atoms with van der Waals surface area (Å²) in [5.41, 5.74) is 0.874. The van der Waals surface area contributed by atoms with E-state index >= 15 is 0 Å². The molecule has 0 bridgehead atoms. The van der Waals surface area contributed by atoms with E-state index in [0.717, 1.165) is 5.56 Å². The lowest BCUT2D eigenvalue weighted by Crippen LogP contribution is -2.05. The van der Waals surface area contributed by atoms with Crippen LogP contribution < -0.4 is 10.2 Å². The van der Waals surface area contributed by atoms with Gasteiger partial charge in [0.05, 0.1) is 5.39 Å². The van der Waals surface area contributed by atoms with Crippen molar-refractivity contribution >= 4 is 33.6 Å². The number of phenols is 1. The molecular weight excluding hydrogens is 395 g/mol. The van der Waals surface area contributed by atoms with Gasteiger partial charge in [0.25, 0.3) is 0 Å². The van der Waals surface area contributed by atoms with Crippen LogP contribution in [0.5, 0.6) is 11.5 Å². The molecule has 0 fully saturated rings. The molecule has 22 heavy (non-hydrogen) atoms. The second-order valence-electron chi connectivity index (χ2n) is 4.79. The van der Waals surface area contributed by atoms with Gasteiger partial charge in [-0.15, -0.1) is 0 Å². The fraction of sp³-hybridized carbons (Fsp3) is 0.118. The van der Waals surface area contributed by atoms with Crippen molar-refractivity contribution in [3.8, 4) is 22.8 Å². The van der Waals surface area contributed by atoms with E-state index in [9.17, 15) is 9.90 Å². The summed E-state index contributed by atoms with van der Waals surface area (Å²) in [5, 5.41) is 10.4. The van der Waals surface area contributed by atoms with Gasteiger partial charge in [0, 0.05) is 11.6 Å². The molecule has 0 saturated heterocycles. The van der Waals surface area contributed by atoms with Crippen molar-refractivity contribution in [1.29, 1.82) is 0 Å². The number of hydrogen-bond donors (Lipinski definition) is 1. The first kappa shape index (κ1) is 14.9. The van der Waals surface area contributed by atoms with Gasteiger partial charge in [-0.1, -0.05) is 30.3 Å². The van der Waals surface area contributed by atoms with Gasteiger partial charge in [-0.05, 0) is 41.6 Å². The lowest BCUT2D eigenvalue weighted by Gasteiger charge is -2.12. The first-order valence-electron chi connectivity index (χ1n) is 6.72. The van der Waals surface area contributed by atoms with E-state index in [1.54, 1.807) is 0 Å². The largest absolute Gasteiger partial charge is 0.504 e. The van der Waals surface area contributed by atoms with Crippen LogP contribution in [0.15, 0.2) is 57.7 Å². The Morgan fingerprint density at radius 3 is 2.59 bits per heavy atom. The summed E-state index contributed by atoms with van der Waals surface area (Å²) in [6.45, 7) is 1.83. The van der Waals surface area contributed by atoms with Crippen LogP contribution in [-0.2, 0) is 0 Å². The Kier molecular flexibility index (Phi) is 4.06. The van der Waals surface area contributed by atoms with Crippen LogP contribution in [0.25, 0.3) is 22.3 Å². The zero-order chi connectivity index (χ0) is 15.7. The predicted molar refractivity (Wildman–Crippen MR) is 93.7 cm³/mol. The van der Waals surface area contributed by atoms with Crippen molar-refractivity contribution in [3.63, 3.8) is 0 Å². The second kappa shape index (κ2) is 6.00. The van der Waals surface area contributed by atoms with E-state index < -0.39 is 0 Å². The molecule has 0 aliphatic carbocycles. The lowest BCUT2D eigenvalue weighted by atomic mass is 10.1. The van der Waals surface area contributed by atoms with Crippen LogP contribution >= 0.6 is 22.6 Å². The standard InChI is InChI=1S/C17H13IO4/c1-10(18)21-17-13(19)8-7-12-14(20)9-15(22-16(12)17)11-5-3-2-4-6-11/h2-10,19H,1H3. The Balaban J connectivity index is 2.29. The maximum absolute atomic E-state index is 12.3. The normalized spacial score (nSPS) is 12.3. The average Bonchev–Trinajstić information content (AvgIpc) is 2.50. The highest BCUT2D eigenvalue weighted by Crippen LogP contribution is 2.36. The summed E-state index contributed by atoms with van der Waals surface area (Å²) in [4.78, 5) is 12.3. The highest BCUT2D eigenvalue weighted by atomic mass is 127. The summed E-state index contributed by atoms with van der Waals surface area (Å²) in [7, 11) is 0. The van der Waals surface area contributed by atoms with Crippen molar-refractivity contribution < 1.29 is 14.3 Å². The Labute approximate surface area is 140 Å². The first-order valence-corrected chi connectivity index (χ1v) is 7.97. The smallest absolute Gasteiger partial charge is 0.205 e. The third-order valence-corrected chi connectivity index (χ3v) is 3.42. The molecule has 3 aromatic rings. The Morgan fingerprint density at radius 2 is 1.91 bits per heavy atom. The monoisotopic (exact) mass is 408 g/mol. The molecule has 0 saturated carbocycles. The van der Waals surface area contributed by atoms with Gasteiger partial charge in [0.1, 0.15) is 9.87 Å². The number of hydrogen-bond acceptors (Lipinski definition) is 4. The minimum Gasteiger partial charge on any atom is -0.504 e. The molecule has 1 aromatic heterocycles. The number of alkyl halides is 1. The number of fused-ring (bicyclic) bond motifs is 1. The average molecular weight is 408 g/mol. The topological polar surface area (TPSA) is 59.7 Å². The quantitative estimate of drug-likeness (QED) is 0.518. The predicted octanol–water partition coefficient (Wildman–Crippen LogP) is 4.33. The number of rotatable bonds is 3. The summed E-state index contributed by atoms with van der Waals surface area (Å²) >= 11 is 2.07. The molecule has 0 amide bonds.